The van der Waals surface area contributed by atoms with Gasteiger partial charge in [0.2, 0.25) is 0 Å². The van der Waals surface area contributed by atoms with E-state index in [9.17, 15) is 0 Å². The van der Waals surface area contributed by atoms with Crippen molar-refractivity contribution >= 4 is 38.8 Å². The highest BCUT2D eigenvalue weighted by molar-refractivity contribution is 9.10. The van der Waals surface area contributed by atoms with Gasteiger partial charge in [0.05, 0.1) is 0 Å². The molecule has 4 heteroatoms. The zero-order chi connectivity index (χ0) is 11.8. The van der Waals surface area contributed by atoms with Gasteiger partial charge in [-0.1, -0.05) is 12.2 Å². The molecule has 1 aromatic carbocycles. The third-order valence-corrected chi connectivity index (χ3v) is 4.01. The molecule has 1 aliphatic carbocycles. The first kappa shape index (κ1) is 11.9. The van der Waals surface area contributed by atoms with Gasteiger partial charge in [0.15, 0.2) is 0 Å². The monoisotopic (exact) mass is 298 g/mol. The van der Waals surface area contributed by atoms with Crippen molar-refractivity contribution in [1.29, 1.82) is 0 Å². The van der Waals surface area contributed by atoms with Crippen LogP contribution in [0.4, 0.5) is 5.69 Å². The molecule has 0 heterocycles. The summed E-state index contributed by atoms with van der Waals surface area (Å²) in [6.45, 7) is 2.26. The number of halogens is 1. The number of thiocarbonyl (C=S) groups is 1. The third-order valence-electron chi connectivity index (χ3n) is 3.14. The lowest BCUT2D eigenvalue weighted by atomic mass is 9.78. The lowest BCUT2D eigenvalue weighted by molar-refractivity contribution is 0.306. The Morgan fingerprint density at radius 2 is 2.19 bits per heavy atom. The average Bonchev–Trinajstić information content (AvgIpc) is 2.14. The van der Waals surface area contributed by atoms with E-state index >= 15 is 0 Å². The number of hydrogen-bond donors (Lipinski definition) is 2. The Morgan fingerprint density at radius 3 is 2.62 bits per heavy atom. The van der Waals surface area contributed by atoms with E-state index in [4.69, 9.17) is 18.0 Å². The van der Waals surface area contributed by atoms with Crippen molar-refractivity contribution < 1.29 is 0 Å². The van der Waals surface area contributed by atoms with E-state index in [1.807, 2.05) is 18.2 Å². The van der Waals surface area contributed by atoms with Crippen LogP contribution in [0, 0.1) is 0 Å². The van der Waals surface area contributed by atoms with Crippen LogP contribution in [0.15, 0.2) is 22.7 Å². The Bertz CT molecular complexity index is 427. The van der Waals surface area contributed by atoms with Crippen molar-refractivity contribution in [3.8, 4) is 0 Å². The first-order valence-electron chi connectivity index (χ1n) is 5.38. The fraction of sp³-hybridized carbons (Fsp3) is 0.417. The summed E-state index contributed by atoms with van der Waals surface area (Å²) in [4.78, 5) is 0.424. The van der Waals surface area contributed by atoms with Gasteiger partial charge in [0.25, 0.3) is 0 Å². The number of nitrogens with two attached hydrogens (primary N) is 1. The van der Waals surface area contributed by atoms with Crippen molar-refractivity contribution in [2.24, 2.45) is 5.73 Å². The average molecular weight is 299 g/mol. The minimum absolute atomic E-state index is 0.268. The SMILES string of the molecule is CC1(Nc2ccc(C(N)=S)c(Br)c2)CCC1. The summed E-state index contributed by atoms with van der Waals surface area (Å²) in [6, 6.07) is 6.03. The van der Waals surface area contributed by atoms with Crippen molar-refractivity contribution in [2.45, 2.75) is 31.7 Å². The van der Waals surface area contributed by atoms with Gasteiger partial charge in [0, 0.05) is 21.3 Å². The van der Waals surface area contributed by atoms with E-state index in [-0.39, 0.29) is 5.54 Å². The minimum atomic E-state index is 0.268. The van der Waals surface area contributed by atoms with E-state index in [1.54, 1.807) is 0 Å². The van der Waals surface area contributed by atoms with Crippen LogP contribution in [0.2, 0.25) is 0 Å². The Morgan fingerprint density at radius 1 is 1.50 bits per heavy atom. The maximum atomic E-state index is 5.61. The van der Waals surface area contributed by atoms with Gasteiger partial charge in [-0.2, -0.15) is 0 Å². The Kier molecular flexibility index (Phi) is 3.22. The second-order valence-electron chi connectivity index (χ2n) is 4.60. The lowest BCUT2D eigenvalue weighted by Crippen LogP contribution is -2.41. The molecule has 0 aliphatic heterocycles. The molecule has 3 N–H and O–H groups in total. The molecular weight excluding hydrogens is 284 g/mol. The summed E-state index contributed by atoms with van der Waals surface area (Å²) >= 11 is 8.45. The Labute approximate surface area is 110 Å². The molecule has 0 bridgehead atoms. The molecular formula is C12H15BrN2S. The highest BCUT2D eigenvalue weighted by Gasteiger charge is 2.31. The molecule has 86 valence electrons. The zero-order valence-corrected chi connectivity index (χ0v) is 11.6. The van der Waals surface area contributed by atoms with Gasteiger partial charge in [-0.15, -0.1) is 0 Å². The number of hydrogen-bond acceptors (Lipinski definition) is 2. The Hall–Kier alpha value is -0.610. The second-order valence-corrected chi connectivity index (χ2v) is 5.89. The summed E-state index contributed by atoms with van der Waals surface area (Å²) in [5, 5.41) is 3.55. The molecule has 0 saturated heterocycles. The molecule has 2 rings (SSSR count). The first-order chi connectivity index (χ1) is 7.50. The van der Waals surface area contributed by atoms with Crippen LogP contribution in [0.1, 0.15) is 31.7 Å². The van der Waals surface area contributed by atoms with Gasteiger partial charge in [-0.25, -0.2) is 0 Å². The smallest absolute Gasteiger partial charge is 0.105 e. The Balaban J connectivity index is 2.18. The van der Waals surface area contributed by atoms with Crippen LogP contribution in [0.3, 0.4) is 0 Å². The van der Waals surface area contributed by atoms with Gasteiger partial charge in [-0.05, 0) is 60.3 Å². The van der Waals surface area contributed by atoms with Crippen LogP contribution in [0.5, 0.6) is 0 Å². The molecule has 0 radical (unpaired) electrons. The predicted molar refractivity (Wildman–Crippen MR) is 75.9 cm³/mol. The van der Waals surface area contributed by atoms with Crippen molar-refractivity contribution in [2.75, 3.05) is 5.32 Å². The molecule has 0 spiro atoms. The van der Waals surface area contributed by atoms with Crippen LogP contribution in [0.25, 0.3) is 0 Å². The van der Waals surface area contributed by atoms with E-state index in [2.05, 4.69) is 28.2 Å². The standard InChI is InChI=1S/C12H15BrN2S/c1-12(5-2-6-12)15-8-3-4-9(11(14)16)10(13)7-8/h3-4,7,15H,2,5-6H2,1H3,(H2,14,16). The fourth-order valence-electron chi connectivity index (χ4n) is 1.97. The van der Waals surface area contributed by atoms with Gasteiger partial charge < -0.3 is 11.1 Å². The molecule has 0 atom stereocenters. The van der Waals surface area contributed by atoms with Crippen molar-refractivity contribution in [1.82, 2.24) is 0 Å². The maximum absolute atomic E-state index is 5.61. The zero-order valence-electron chi connectivity index (χ0n) is 9.22. The molecule has 0 aromatic heterocycles. The largest absolute Gasteiger partial charge is 0.389 e. The van der Waals surface area contributed by atoms with E-state index in [1.165, 1.54) is 19.3 Å². The van der Waals surface area contributed by atoms with Crippen molar-refractivity contribution in [3.63, 3.8) is 0 Å². The van der Waals surface area contributed by atoms with Gasteiger partial charge in [-0.3, -0.25) is 0 Å². The summed E-state index contributed by atoms with van der Waals surface area (Å²) in [5.74, 6) is 0. The summed E-state index contributed by atoms with van der Waals surface area (Å²) < 4.78 is 0.952. The topological polar surface area (TPSA) is 38.0 Å². The van der Waals surface area contributed by atoms with Crippen LogP contribution in [-0.4, -0.2) is 10.5 Å². The normalized spacial score (nSPS) is 17.6. The number of nitrogens with one attached hydrogen (secondary N) is 1. The van der Waals surface area contributed by atoms with Crippen molar-refractivity contribution in [3.05, 3.63) is 28.2 Å². The highest BCUT2D eigenvalue weighted by atomic mass is 79.9. The third kappa shape index (κ3) is 2.38. The summed E-state index contributed by atoms with van der Waals surface area (Å²) in [7, 11) is 0. The molecule has 1 saturated carbocycles. The summed E-state index contributed by atoms with van der Waals surface area (Å²) in [6.07, 6.45) is 3.79. The van der Waals surface area contributed by atoms with E-state index in [0.29, 0.717) is 4.99 Å². The molecule has 1 aromatic rings. The highest BCUT2D eigenvalue weighted by Crippen LogP contribution is 2.35. The van der Waals surface area contributed by atoms with Crippen LogP contribution < -0.4 is 11.1 Å². The fourth-order valence-corrected chi connectivity index (χ4v) is 2.87. The van der Waals surface area contributed by atoms with E-state index < -0.39 is 0 Å². The van der Waals surface area contributed by atoms with Crippen LogP contribution >= 0.6 is 28.1 Å². The molecule has 2 nitrogen and oxygen atoms in total. The number of benzene rings is 1. The predicted octanol–water partition coefficient (Wildman–Crippen LogP) is 3.44. The summed E-state index contributed by atoms with van der Waals surface area (Å²) in [5.41, 5.74) is 7.89. The lowest BCUT2D eigenvalue weighted by Gasteiger charge is -2.40. The molecule has 0 unspecified atom stereocenters. The molecule has 1 fully saturated rings. The maximum Gasteiger partial charge on any atom is 0.105 e. The van der Waals surface area contributed by atoms with Crippen LogP contribution in [-0.2, 0) is 0 Å². The molecule has 16 heavy (non-hydrogen) atoms. The van der Waals surface area contributed by atoms with E-state index in [0.717, 1.165) is 15.7 Å². The van der Waals surface area contributed by atoms with Gasteiger partial charge in [0.1, 0.15) is 4.99 Å². The number of anilines is 1. The van der Waals surface area contributed by atoms with Gasteiger partial charge >= 0.3 is 0 Å². The first-order valence-corrected chi connectivity index (χ1v) is 6.58. The molecule has 1 aliphatic rings. The quantitative estimate of drug-likeness (QED) is 0.840. The minimum Gasteiger partial charge on any atom is -0.389 e. The second kappa shape index (κ2) is 4.34. The molecule has 0 amide bonds. The number of rotatable bonds is 3.